The van der Waals surface area contributed by atoms with Crippen LogP contribution in [0, 0.1) is 0 Å². The van der Waals surface area contributed by atoms with Crippen LogP contribution in [0.2, 0.25) is 0 Å². The number of hydrogen-bond donors (Lipinski definition) is 4. The fraction of sp³-hybridized carbons (Fsp3) is 0.471. The number of carbonyl (C=O) groups is 3. The van der Waals surface area contributed by atoms with Gasteiger partial charge in [-0.2, -0.15) is 22.5 Å². The van der Waals surface area contributed by atoms with Gasteiger partial charge in [-0.1, -0.05) is 16.9 Å². The van der Waals surface area contributed by atoms with Gasteiger partial charge in [-0.3, -0.25) is 14.5 Å². The van der Waals surface area contributed by atoms with Gasteiger partial charge in [0.2, 0.25) is 23.3 Å². The Labute approximate surface area is 228 Å². The Balaban J connectivity index is 1.48. The Hall–Kier alpha value is -3.50. The number of aliphatic carboxylic acids is 1. The molecule has 2 aliphatic heterocycles. The van der Waals surface area contributed by atoms with Crippen LogP contribution in [0.5, 0.6) is 0 Å². The third-order valence-electron chi connectivity index (χ3n) is 5.00. The van der Waals surface area contributed by atoms with Crippen LogP contribution in [0.1, 0.15) is 5.82 Å². The summed E-state index contributed by atoms with van der Waals surface area (Å²) in [6.07, 6.45) is -4.73. The maximum Gasteiger partial charge on any atom is 0.425 e. The molecule has 0 aromatic carbocycles. The van der Waals surface area contributed by atoms with Crippen LogP contribution in [0.3, 0.4) is 0 Å². The minimum atomic E-state index is -4.73. The number of nitrogens with one attached hydrogen (secondary N) is 1. The maximum absolute atomic E-state index is 12.9. The Morgan fingerprint density at radius 3 is 2.77 bits per heavy atom. The molecule has 0 saturated carbocycles. The zero-order valence-electron chi connectivity index (χ0n) is 19.4. The van der Waals surface area contributed by atoms with E-state index in [1.54, 1.807) is 0 Å². The number of β-lactam (4-membered cyclic amide) rings is 1. The van der Waals surface area contributed by atoms with Crippen LogP contribution in [0.4, 0.5) is 18.3 Å². The Morgan fingerprint density at radius 2 is 2.13 bits per heavy atom. The van der Waals surface area contributed by atoms with Crippen molar-refractivity contribution in [2.24, 2.45) is 10.9 Å². The summed E-state index contributed by atoms with van der Waals surface area (Å²) >= 11 is 3.02. The lowest BCUT2D eigenvalue weighted by molar-refractivity contribution is -0.174. The first-order chi connectivity index (χ1) is 18.5. The average Bonchev–Trinajstić information content (AvgIpc) is 3.51. The predicted octanol–water partition coefficient (Wildman–Crippen LogP) is -1.12. The highest BCUT2D eigenvalue weighted by Gasteiger charge is 2.54. The molecule has 16 nitrogen and oxygen atoms in total. The molecule has 2 aliphatic rings. The molecule has 4 heterocycles. The van der Waals surface area contributed by atoms with E-state index < -0.39 is 53.5 Å². The average molecular weight is 610 g/mol. The van der Waals surface area contributed by atoms with Crippen LogP contribution >= 0.6 is 35.1 Å². The van der Waals surface area contributed by atoms with Gasteiger partial charge in [0, 0.05) is 29.6 Å². The molecule has 39 heavy (non-hydrogen) atoms. The summed E-state index contributed by atoms with van der Waals surface area (Å²) in [7, 11) is 0. The molecule has 2 aromatic heterocycles. The lowest BCUT2D eigenvalue weighted by atomic mass is 10.0. The fourth-order valence-corrected chi connectivity index (χ4v) is 6.23. The van der Waals surface area contributed by atoms with Crippen LogP contribution in [-0.4, -0.2) is 105 Å². The number of hydrogen-bond acceptors (Lipinski definition) is 15. The normalized spacial score (nSPS) is 19.5. The van der Waals surface area contributed by atoms with Gasteiger partial charge in [-0.25, -0.2) is 9.48 Å². The van der Waals surface area contributed by atoms with Gasteiger partial charge in [0.15, 0.2) is 5.13 Å². The van der Waals surface area contributed by atoms with E-state index in [0.717, 1.165) is 4.90 Å². The highest BCUT2D eigenvalue weighted by molar-refractivity contribution is 8.01. The van der Waals surface area contributed by atoms with Crippen molar-refractivity contribution in [3.05, 3.63) is 17.1 Å². The lowest BCUT2D eigenvalue weighted by Gasteiger charge is -2.49. The summed E-state index contributed by atoms with van der Waals surface area (Å²) in [6, 6.07) is -1.20. The standard InChI is InChI=1S/C17H18F3N11O5S3/c18-17(19,20)5-36-26-7(10-24-15(22)39-27-10)11(32)23-8-12(33)31-9(14(34)35)6(3-37-13(8)31)4-38-16-25-28-29-30(16)2-1-21/h8,13H,1-5,21H2,(H,23,32)(H,34,35)(H2,22,24,27)/t8?,13-/m1/s1. The Bertz CT molecular complexity index is 1330. The fourth-order valence-electron chi connectivity index (χ4n) is 3.40. The van der Waals surface area contributed by atoms with E-state index >= 15 is 0 Å². The number of carboxylic acid groups (broad SMARTS) is 1. The zero-order chi connectivity index (χ0) is 28.3. The Morgan fingerprint density at radius 1 is 1.36 bits per heavy atom. The highest BCUT2D eigenvalue weighted by Crippen LogP contribution is 2.41. The number of nitrogens with zero attached hydrogens (tertiary/aromatic N) is 8. The number of halogens is 3. The van der Waals surface area contributed by atoms with E-state index in [0.29, 0.717) is 35.4 Å². The minimum Gasteiger partial charge on any atom is -0.477 e. The quantitative estimate of drug-likeness (QED) is 0.102. The van der Waals surface area contributed by atoms with E-state index in [-0.39, 0.29) is 22.3 Å². The van der Waals surface area contributed by atoms with E-state index in [2.05, 4.69) is 40.2 Å². The molecule has 0 radical (unpaired) electrons. The summed E-state index contributed by atoms with van der Waals surface area (Å²) in [6.45, 7) is -1.13. The van der Waals surface area contributed by atoms with Crippen molar-refractivity contribution in [2.45, 2.75) is 29.3 Å². The van der Waals surface area contributed by atoms with Gasteiger partial charge >= 0.3 is 12.1 Å². The van der Waals surface area contributed by atoms with E-state index in [4.69, 9.17) is 11.5 Å². The molecule has 1 unspecified atom stereocenters. The molecule has 210 valence electrons. The van der Waals surface area contributed by atoms with Crippen molar-refractivity contribution >= 4 is 63.7 Å². The van der Waals surface area contributed by atoms with Crippen molar-refractivity contribution in [3.8, 4) is 0 Å². The molecular weight excluding hydrogens is 591 g/mol. The predicted molar refractivity (Wildman–Crippen MR) is 130 cm³/mol. The number of carbonyl (C=O) groups excluding carboxylic acids is 2. The molecule has 2 amide bonds. The van der Waals surface area contributed by atoms with Crippen LogP contribution in [0.15, 0.2) is 21.6 Å². The van der Waals surface area contributed by atoms with Crippen LogP contribution < -0.4 is 16.8 Å². The van der Waals surface area contributed by atoms with Crippen molar-refractivity contribution in [1.82, 2.24) is 39.8 Å². The second kappa shape index (κ2) is 11.7. The first kappa shape index (κ1) is 28.5. The van der Waals surface area contributed by atoms with Gasteiger partial charge in [-0.05, 0) is 16.0 Å². The second-order valence-electron chi connectivity index (χ2n) is 7.66. The number of nitrogens with two attached hydrogens (primary N) is 2. The van der Waals surface area contributed by atoms with E-state index in [1.807, 2.05) is 0 Å². The first-order valence-corrected chi connectivity index (χ1v) is 13.5. The molecular formula is C17H18F3N11O5S3. The maximum atomic E-state index is 12.9. The highest BCUT2D eigenvalue weighted by atomic mass is 32.2. The number of rotatable bonds is 11. The monoisotopic (exact) mass is 609 g/mol. The molecule has 4 rings (SSSR count). The smallest absolute Gasteiger partial charge is 0.425 e. The van der Waals surface area contributed by atoms with Crippen LogP contribution in [-0.2, 0) is 25.8 Å². The SMILES string of the molecule is NCCn1nnnc1SCC1=C(C(=O)O)N2C(=O)C(NC(=O)C(=NOCC(F)(F)F)c3nsc(N)n3)[C@H]2SC1. The number of anilines is 1. The van der Waals surface area contributed by atoms with Crippen molar-refractivity contribution in [2.75, 3.05) is 30.4 Å². The topological polar surface area (TPSA) is 230 Å². The van der Waals surface area contributed by atoms with Gasteiger partial charge < -0.3 is 26.7 Å². The Kier molecular flexibility index (Phi) is 8.56. The molecule has 6 N–H and O–H groups in total. The summed E-state index contributed by atoms with van der Waals surface area (Å²) in [5.74, 6) is -3.23. The van der Waals surface area contributed by atoms with Crippen LogP contribution in [0.25, 0.3) is 0 Å². The number of oxime groups is 1. The molecule has 2 atom stereocenters. The van der Waals surface area contributed by atoms with Crippen molar-refractivity contribution < 1.29 is 37.5 Å². The number of tetrazole rings is 1. The lowest BCUT2D eigenvalue weighted by Crippen LogP contribution is -2.71. The molecule has 0 aliphatic carbocycles. The van der Waals surface area contributed by atoms with Crippen molar-refractivity contribution in [1.29, 1.82) is 0 Å². The van der Waals surface area contributed by atoms with Gasteiger partial charge in [0.05, 0.1) is 6.54 Å². The summed E-state index contributed by atoms with van der Waals surface area (Å²) in [5.41, 5.74) is 10.5. The van der Waals surface area contributed by atoms with Gasteiger partial charge in [0.1, 0.15) is 17.1 Å². The third-order valence-corrected chi connectivity index (χ3v) is 7.93. The summed E-state index contributed by atoms with van der Waals surface area (Å²) in [4.78, 5) is 46.9. The molecule has 0 spiro atoms. The number of fused-ring (bicyclic) bond motifs is 1. The molecule has 1 fully saturated rings. The molecule has 0 bridgehead atoms. The number of amides is 2. The number of thioether (sulfide) groups is 2. The zero-order valence-corrected chi connectivity index (χ0v) is 21.8. The third kappa shape index (κ3) is 6.39. The largest absolute Gasteiger partial charge is 0.477 e. The van der Waals surface area contributed by atoms with Crippen molar-refractivity contribution in [3.63, 3.8) is 0 Å². The number of alkyl halides is 3. The number of carboxylic acids is 1. The minimum absolute atomic E-state index is 0.0891. The number of nitrogen functional groups attached to an aromatic ring is 1. The summed E-state index contributed by atoms with van der Waals surface area (Å²) in [5, 5.41) is 26.2. The second-order valence-corrected chi connectivity index (χ2v) is 10.5. The van der Waals surface area contributed by atoms with Gasteiger partial charge in [-0.15, -0.1) is 16.9 Å². The molecule has 22 heteroatoms. The van der Waals surface area contributed by atoms with E-state index in [9.17, 15) is 32.7 Å². The molecule has 2 aromatic rings. The first-order valence-electron chi connectivity index (χ1n) is 10.7. The van der Waals surface area contributed by atoms with Gasteiger partial charge in [0.25, 0.3) is 11.8 Å². The summed E-state index contributed by atoms with van der Waals surface area (Å²) < 4.78 is 42.7. The molecule has 1 saturated heterocycles. The number of aromatic nitrogens is 6. The van der Waals surface area contributed by atoms with E-state index in [1.165, 1.54) is 28.2 Å².